The van der Waals surface area contributed by atoms with E-state index in [1.807, 2.05) is 0 Å². The molecular weight excluding hydrogens is 320 g/mol. The number of nitrogens with zero attached hydrogens (tertiary/aromatic N) is 1. The van der Waals surface area contributed by atoms with E-state index in [0.717, 1.165) is 11.3 Å². The fourth-order valence-electron chi connectivity index (χ4n) is 1.41. The van der Waals surface area contributed by atoms with Gasteiger partial charge >= 0.3 is 5.97 Å². The van der Waals surface area contributed by atoms with Crippen LogP contribution in [0.1, 0.15) is 17.7 Å². The van der Waals surface area contributed by atoms with Crippen LogP contribution in [0.3, 0.4) is 0 Å². The van der Waals surface area contributed by atoms with Crippen molar-refractivity contribution in [1.82, 2.24) is 4.31 Å². The van der Waals surface area contributed by atoms with Crippen LogP contribution in [-0.2, 0) is 19.6 Å². The van der Waals surface area contributed by atoms with Crippen molar-refractivity contribution < 1.29 is 17.9 Å². The number of carbonyl (C=O) groups excluding carboxylic acids is 1. The molecule has 6 nitrogen and oxygen atoms in total. The van der Waals surface area contributed by atoms with Crippen LogP contribution in [0.25, 0.3) is 0 Å². The Balaban J connectivity index is 2.71. The van der Waals surface area contributed by atoms with Crippen LogP contribution < -0.4 is 5.73 Å². The summed E-state index contributed by atoms with van der Waals surface area (Å²) in [5, 5.41) is 0. The van der Waals surface area contributed by atoms with Crippen LogP contribution in [0.15, 0.2) is 16.3 Å². The van der Waals surface area contributed by atoms with E-state index in [1.165, 1.54) is 24.5 Å². The number of thiocarbonyl (C=S) groups is 1. The van der Waals surface area contributed by atoms with Crippen LogP contribution in [0.4, 0.5) is 0 Å². The van der Waals surface area contributed by atoms with Gasteiger partial charge in [-0.2, -0.15) is 0 Å². The highest BCUT2D eigenvalue weighted by Gasteiger charge is 2.23. The lowest BCUT2D eigenvalue weighted by atomic mass is 10.3. The molecule has 0 aromatic carbocycles. The molecule has 1 aromatic heterocycles. The Morgan fingerprint density at radius 3 is 2.65 bits per heavy atom. The molecular formula is C11H16N2O4S3. The van der Waals surface area contributed by atoms with Crippen molar-refractivity contribution in [3.05, 3.63) is 17.0 Å². The molecule has 0 aliphatic rings. The smallest absolute Gasteiger partial charge is 0.305 e. The summed E-state index contributed by atoms with van der Waals surface area (Å²) in [6.07, 6.45) is 0.578. The maximum absolute atomic E-state index is 12.2. The van der Waals surface area contributed by atoms with Gasteiger partial charge in [0, 0.05) is 20.0 Å². The van der Waals surface area contributed by atoms with Crippen LogP contribution in [-0.4, -0.2) is 44.4 Å². The molecule has 2 N–H and O–H groups in total. The molecule has 0 bridgehead atoms. The maximum Gasteiger partial charge on any atom is 0.305 e. The normalized spacial score (nSPS) is 11.6. The Labute approximate surface area is 127 Å². The van der Waals surface area contributed by atoms with E-state index in [1.54, 1.807) is 6.07 Å². The Bertz CT molecular complexity index is 595. The van der Waals surface area contributed by atoms with Gasteiger partial charge in [0.05, 0.1) is 12.0 Å². The van der Waals surface area contributed by atoms with E-state index in [2.05, 4.69) is 4.74 Å². The number of carbonyl (C=O) groups is 1. The number of sulfonamides is 1. The first-order valence-electron chi connectivity index (χ1n) is 5.72. The van der Waals surface area contributed by atoms with Crippen molar-refractivity contribution in [2.24, 2.45) is 5.73 Å². The van der Waals surface area contributed by atoms with Crippen molar-refractivity contribution in [1.29, 1.82) is 0 Å². The Kier molecular flexibility index (Phi) is 6.06. The summed E-state index contributed by atoms with van der Waals surface area (Å²) in [6.45, 7) is 0.234. The van der Waals surface area contributed by atoms with E-state index in [9.17, 15) is 13.2 Å². The van der Waals surface area contributed by atoms with Crippen molar-refractivity contribution in [2.75, 3.05) is 20.7 Å². The first-order valence-corrected chi connectivity index (χ1v) is 8.38. The van der Waals surface area contributed by atoms with Crippen LogP contribution in [0.5, 0.6) is 0 Å². The summed E-state index contributed by atoms with van der Waals surface area (Å²) in [4.78, 5) is 11.7. The molecule has 1 aromatic rings. The standard InChI is InChI=1S/C11H16N2O4S3/c1-13(7-3-4-9(14)17-2)20(15,16)10-6-5-8(19-10)11(12)18/h5-6H,3-4,7H2,1-2H3,(H2,12,18). The third-order valence-electron chi connectivity index (χ3n) is 2.57. The van der Waals surface area contributed by atoms with E-state index < -0.39 is 10.0 Å². The van der Waals surface area contributed by atoms with Gasteiger partial charge in [0.25, 0.3) is 10.0 Å². The second kappa shape index (κ2) is 7.11. The summed E-state index contributed by atoms with van der Waals surface area (Å²) in [6, 6.07) is 3.06. The minimum atomic E-state index is -3.57. The molecule has 1 heterocycles. The van der Waals surface area contributed by atoms with E-state index in [4.69, 9.17) is 18.0 Å². The predicted molar refractivity (Wildman–Crippen MR) is 81.3 cm³/mol. The van der Waals surface area contributed by atoms with E-state index in [0.29, 0.717) is 11.3 Å². The lowest BCUT2D eigenvalue weighted by Gasteiger charge is -2.15. The van der Waals surface area contributed by atoms with Gasteiger partial charge in [0.2, 0.25) is 0 Å². The fourth-order valence-corrected chi connectivity index (χ4v) is 4.18. The van der Waals surface area contributed by atoms with Gasteiger partial charge < -0.3 is 10.5 Å². The summed E-state index contributed by atoms with van der Waals surface area (Å²) < 4.78 is 30.4. The number of esters is 1. The average molecular weight is 336 g/mol. The number of rotatable bonds is 7. The number of methoxy groups -OCH3 is 1. The van der Waals surface area contributed by atoms with Gasteiger partial charge in [-0.25, -0.2) is 12.7 Å². The zero-order valence-corrected chi connectivity index (χ0v) is 13.6. The van der Waals surface area contributed by atoms with Gasteiger partial charge in [-0.05, 0) is 18.6 Å². The fraction of sp³-hybridized carbons (Fsp3) is 0.455. The molecule has 0 fully saturated rings. The largest absolute Gasteiger partial charge is 0.469 e. The molecule has 0 saturated heterocycles. The summed E-state index contributed by atoms with van der Waals surface area (Å²) in [5.41, 5.74) is 5.46. The maximum atomic E-state index is 12.2. The number of ether oxygens (including phenoxy) is 1. The SMILES string of the molecule is COC(=O)CCCN(C)S(=O)(=O)c1ccc(C(N)=S)s1. The zero-order valence-electron chi connectivity index (χ0n) is 11.2. The van der Waals surface area contributed by atoms with Crippen LogP contribution >= 0.6 is 23.6 Å². The lowest BCUT2D eigenvalue weighted by molar-refractivity contribution is -0.140. The van der Waals surface area contributed by atoms with Gasteiger partial charge in [0.1, 0.15) is 9.20 Å². The molecule has 0 atom stereocenters. The third-order valence-corrected chi connectivity index (χ3v) is 6.36. The average Bonchev–Trinajstić information content (AvgIpc) is 2.88. The monoisotopic (exact) mass is 336 g/mol. The predicted octanol–water partition coefficient (Wildman–Crippen LogP) is 0.956. The Morgan fingerprint density at radius 2 is 2.15 bits per heavy atom. The Hall–Kier alpha value is -1.03. The molecule has 1 rings (SSSR count). The quantitative estimate of drug-likeness (QED) is 0.589. The van der Waals surface area contributed by atoms with E-state index >= 15 is 0 Å². The highest BCUT2D eigenvalue weighted by molar-refractivity contribution is 7.91. The minimum absolute atomic E-state index is 0.171. The molecule has 112 valence electrons. The van der Waals surface area contributed by atoms with Gasteiger partial charge in [-0.1, -0.05) is 12.2 Å². The first-order chi connectivity index (χ1) is 9.28. The number of thiophene rings is 1. The molecule has 0 radical (unpaired) electrons. The van der Waals surface area contributed by atoms with E-state index in [-0.39, 0.29) is 28.1 Å². The highest BCUT2D eigenvalue weighted by Crippen LogP contribution is 2.24. The Morgan fingerprint density at radius 1 is 1.50 bits per heavy atom. The molecule has 0 spiro atoms. The molecule has 0 aliphatic carbocycles. The summed E-state index contributed by atoms with van der Waals surface area (Å²) in [7, 11) is -0.809. The third kappa shape index (κ3) is 4.23. The first kappa shape index (κ1) is 17.0. The number of nitrogens with two attached hydrogens (primary N) is 1. The van der Waals surface area contributed by atoms with Crippen molar-refractivity contribution in [3.8, 4) is 0 Å². The van der Waals surface area contributed by atoms with Crippen molar-refractivity contribution >= 4 is 44.5 Å². The molecule has 20 heavy (non-hydrogen) atoms. The molecule has 0 amide bonds. The topological polar surface area (TPSA) is 89.7 Å². The van der Waals surface area contributed by atoms with Crippen molar-refractivity contribution in [3.63, 3.8) is 0 Å². The van der Waals surface area contributed by atoms with Gasteiger partial charge in [-0.3, -0.25) is 4.79 Å². The van der Waals surface area contributed by atoms with Crippen LogP contribution in [0, 0.1) is 0 Å². The minimum Gasteiger partial charge on any atom is -0.469 e. The molecule has 0 saturated carbocycles. The lowest BCUT2D eigenvalue weighted by Crippen LogP contribution is -2.27. The second-order valence-electron chi connectivity index (χ2n) is 3.99. The van der Waals surface area contributed by atoms with Crippen molar-refractivity contribution in [2.45, 2.75) is 17.1 Å². The van der Waals surface area contributed by atoms with Gasteiger partial charge in [0.15, 0.2) is 0 Å². The molecule has 9 heteroatoms. The molecule has 0 aliphatic heterocycles. The second-order valence-corrected chi connectivity index (χ2v) is 7.78. The highest BCUT2D eigenvalue weighted by atomic mass is 32.2. The van der Waals surface area contributed by atoms with Gasteiger partial charge in [-0.15, -0.1) is 11.3 Å². The summed E-state index contributed by atoms with van der Waals surface area (Å²) in [5.74, 6) is -0.359. The molecule has 0 unspecified atom stereocenters. The van der Waals surface area contributed by atoms with Crippen LogP contribution in [0.2, 0.25) is 0 Å². The number of hydrogen-bond donors (Lipinski definition) is 1. The summed E-state index contributed by atoms with van der Waals surface area (Å²) >= 11 is 5.84. The number of hydrogen-bond acceptors (Lipinski definition) is 6. The zero-order chi connectivity index (χ0) is 15.3.